The number of aliphatic hydroxyl groups is 1. The minimum absolute atomic E-state index is 0.0636. The zero-order valence-corrected chi connectivity index (χ0v) is 12.4. The van der Waals surface area contributed by atoms with Crippen molar-refractivity contribution in [1.29, 1.82) is 0 Å². The van der Waals surface area contributed by atoms with Crippen LogP contribution in [0.4, 0.5) is 4.79 Å². The maximum atomic E-state index is 12.5. The number of carbonyl (C=O) groups is 2. The molecule has 0 saturated heterocycles. The smallest absolute Gasteiger partial charge is 0.320 e. The number of nitrogens with zero attached hydrogens (tertiary/aromatic N) is 2. The molecular formula is C14H26N2O4. The summed E-state index contributed by atoms with van der Waals surface area (Å²) >= 11 is 0. The first-order valence-corrected chi connectivity index (χ1v) is 7.40. The molecule has 0 aromatic carbocycles. The lowest BCUT2D eigenvalue weighted by Crippen LogP contribution is -2.52. The van der Waals surface area contributed by atoms with E-state index in [1.807, 2.05) is 6.92 Å². The summed E-state index contributed by atoms with van der Waals surface area (Å²) in [4.78, 5) is 26.9. The van der Waals surface area contributed by atoms with Gasteiger partial charge in [0.1, 0.15) is 0 Å². The normalized spacial score (nSPS) is 16.4. The molecule has 1 aliphatic carbocycles. The van der Waals surface area contributed by atoms with Crippen molar-refractivity contribution in [3.05, 3.63) is 0 Å². The second kappa shape index (κ2) is 8.09. The van der Waals surface area contributed by atoms with Gasteiger partial charge in [0.15, 0.2) is 0 Å². The first-order valence-electron chi connectivity index (χ1n) is 7.40. The third-order valence-electron chi connectivity index (χ3n) is 3.89. The van der Waals surface area contributed by atoms with E-state index < -0.39 is 11.9 Å². The molecule has 0 spiro atoms. The molecule has 0 aliphatic heterocycles. The summed E-state index contributed by atoms with van der Waals surface area (Å²) in [5.41, 5.74) is 0. The first kappa shape index (κ1) is 16.8. The Kier molecular flexibility index (Phi) is 6.78. The third kappa shape index (κ3) is 4.37. The summed E-state index contributed by atoms with van der Waals surface area (Å²) in [5, 5.41) is 17.9. The predicted octanol–water partition coefficient (Wildman–Crippen LogP) is 1.39. The molecule has 6 nitrogen and oxygen atoms in total. The Morgan fingerprint density at radius 3 is 2.40 bits per heavy atom. The monoisotopic (exact) mass is 286 g/mol. The lowest BCUT2D eigenvalue weighted by molar-refractivity contribution is -0.141. The predicted molar refractivity (Wildman–Crippen MR) is 75.5 cm³/mol. The van der Waals surface area contributed by atoms with Gasteiger partial charge in [-0.2, -0.15) is 0 Å². The van der Waals surface area contributed by atoms with E-state index in [9.17, 15) is 9.59 Å². The molecule has 1 saturated carbocycles. The van der Waals surface area contributed by atoms with Gasteiger partial charge in [-0.25, -0.2) is 4.79 Å². The van der Waals surface area contributed by atoms with Crippen LogP contribution in [0.2, 0.25) is 0 Å². The topological polar surface area (TPSA) is 81.1 Å². The second-order valence-electron chi connectivity index (χ2n) is 5.42. The van der Waals surface area contributed by atoms with Crippen LogP contribution in [0.1, 0.15) is 39.5 Å². The van der Waals surface area contributed by atoms with Crippen LogP contribution in [0.5, 0.6) is 0 Å². The molecule has 6 heteroatoms. The number of amides is 2. The van der Waals surface area contributed by atoms with Crippen LogP contribution in [-0.4, -0.2) is 64.3 Å². The molecule has 0 radical (unpaired) electrons. The fourth-order valence-electron chi connectivity index (χ4n) is 2.31. The molecule has 1 aliphatic rings. The van der Waals surface area contributed by atoms with Crippen molar-refractivity contribution < 1.29 is 19.8 Å². The molecule has 116 valence electrons. The fraction of sp³-hybridized carbons (Fsp3) is 0.857. The average Bonchev–Trinajstić information content (AvgIpc) is 2.37. The number of carboxylic acid groups (broad SMARTS) is 1. The van der Waals surface area contributed by atoms with Crippen LogP contribution in [0.15, 0.2) is 0 Å². The van der Waals surface area contributed by atoms with Crippen LogP contribution >= 0.6 is 0 Å². The van der Waals surface area contributed by atoms with Gasteiger partial charge in [0.05, 0.1) is 5.92 Å². The van der Waals surface area contributed by atoms with Gasteiger partial charge in [-0.3, -0.25) is 4.79 Å². The van der Waals surface area contributed by atoms with Crippen molar-refractivity contribution in [3.63, 3.8) is 0 Å². The van der Waals surface area contributed by atoms with Crippen molar-refractivity contribution >= 4 is 12.0 Å². The lowest BCUT2D eigenvalue weighted by atomic mass is 9.91. The van der Waals surface area contributed by atoms with Gasteiger partial charge in [-0.1, -0.05) is 6.92 Å². The molecular weight excluding hydrogens is 260 g/mol. The van der Waals surface area contributed by atoms with Crippen LogP contribution in [0.25, 0.3) is 0 Å². The standard InChI is InChI=1S/C14H26N2O4/c1-3-15(10-11(2)13(18)19)14(20)16(8-5-9-17)12-6-4-7-12/h11-12,17H,3-10H2,1-2H3,(H,18,19). The Morgan fingerprint density at radius 2 is 2.00 bits per heavy atom. The summed E-state index contributed by atoms with van der Waals surface area (Å²) in [7, 11) is 0. The van der Waals surface area contributed by atoms with Gasteiger partial charge in [0.25, 0.3) is 0 Å². The highest BCUT2D eigenvalue weighted by Crippen LogP contribution is 2.26. The van der Waals surface area contributed by atoms with E-state index in [0.717, 1.165) is 19.3 Å². The minimum Gasteiger partial charge on any atom is -0.481 e. The number of rotatable bonds is 8. The molecule has 1 rings (SSSR count). The Bertz CT molecular complexity index is 331. The van der Waals surface area contributed by atoms with Crippen molar-refractivity contribution in [2.24, 2.45) is 5.92 Å². The highest BCUT2D eigenvalue weighted by Gasteiger charge is 2.31. The molecule has 1 unspecified atom stereocenters. The Balaban J connectivity index is 2.66. The molecule has 0 heterocycles. The molecule has 2 N–H and O–H groups in total. The highest BCUT2D eigenvalue weighted by molar-refractivity contribution is 5.76. The van der Waals surface area contributed by atoms with E-state index in [0.29, 0.717) is 19.5 Å². The quantitative estimate of drug-likeness (QED) is 0.706. The number of urea groups is 1. The van der Waals surface area contributed by atoms with Crippen molar-refractivity contribution in [1.82, 2.24) is 9.80 Å². The summed E-state index contributed by atoms with van der Waals surface area (Å²) in [6.45, 7) is 4.80. The first-order chi connectivity index (χ1) is 9.51. The molecule has 20 heavy (non-hydrogen) atoms. The van der Waals surface area contributed by atoms with E-state index in [4.69, 9.17) is 10.2 Å². The molecule has 0 aromatic rings. The fourth-order valence-corrected chi connectivity index (χ4v) is 2.31. The lowest BCUT2D eigenvalue weighted by Gasteiger charge is -2.40. The number of carbonyl (C=O) groups excluding carboxylic acids is 1. The molecule has 1 fully saturated rings. The van der Waals surface area contributed by atoms with Gasteiger partial charge >= 0.3 is 12.0 Å². The van der Waals surface area contributed by atoms with Gasteiger partial charge in [0.2, 0.25) is 0 Å². The van der Waals surface area contributed by atoms with Crippen molar-refractivity contribution in [3.8, 4) is 0 Å². The van der Waals surface area contributed by atoms with E-state index in [1.165, 1.54) is 0 Å². The largest absolute Gasteiger partial charge is 0.481 e. The maximum absolute atomic E-state index is 12.5. The summed E-state index contributed by atoms with van der Waals surface area (Å²) in [5.74, 6) is -1.46. The Labute approximate surface area is 120 Å². The zero-order valence-electron chi connectivity index (χ0n) is 12.4. The average molecular weight is 286 g/mol. The maximum Gasteiger partial charge on any atom is 0.320 e. The van der Waals surface area contributed by atoms with Gasteiger partial charge in [-0.05, 0) is 32.6 Å². The van der Waals surface area contributed by atoms with E-state index in [2.05, 4.69) is 0 Å². The summed E-state index contributed by atoms with van der Waals surface area (Å²) in [6, 6.07) is 0.155. The summed E-state index contributed by atoms with van der Waals surface area (Å²) < 4.78 is 0. The van der Waals surface area contributed by atoms with Crippen LogP contribution in [0, 0.1) is 5.92 Å². The Hall–Kier alpha value is -1.30. The van der Waals surface area contributed by atoms with E-state index in [1.54, 1.807) is 16.7 Å². The van der Waals surface area contributed by atoms with Crippen LogP contribution < -0.4 is 0 Å². The van der Waals surface area contributed by atoms with Gasteiger partial charge in [-0.15, -0.1) is 0 Å². The zero-order chi connectivity index (χ0) is 15.1. The number of aliphatic hydroxyl groups excluding tert-OH is 1. The SMILES string of the molecule is CCN(CC(C)C(=O)O)C(=O)N(CCCO)C1CCC1. The summed E-state index contributed by atoms with van der Waals surface area (Å²) in [6.07, 6.45) is 3.70. The molecule has 0 bridgehead atoms. The number of hydrogen-bond donors (Lipinski definition) is 2. The highest BCUT2D eigenvalue weighted by atomic mass is 16.4. The van der Waals surface area contributed by atoms with Gasteiger partial charge in [0, 0.05) is 32.3 Å². The van der Waals surface area contributed by atoms with Crippen LogP contribution in [-0.2, 0) is 4.79 Å². The van der Waals surface area contributed by atoms with Crippen molar-refractivity contribution in [2.45, 2.75) is 45.6 Å². The number of carboxylic acids is 1. The van der Waals surface area contributed by atoms with E-state index >= 15 is 0 Å². The van der Waals surface area contributed by atoms with Gasteiger partial charge < -0.3 is 20.0 Å². The second-order valence-corrected chi connectivity index (χ2v) is 5.42. The molecule has 2 amide bonds. The third-order valence-corrected chi connectivity index (χ3v) is 3.89. The minimum atomic E-state index is -0.887. The number of hydrogen-bond acceptors (Lipinski definition) is 3. The van der Waals surface area contributed by atoms with E-state index in [-0.39, 0.29) is 25.2 Å². The van der Waals surface area contributed by atoms with Crippen molar-refractivity contribution in [2.75, 3.05) is 26.2 Å². The number of aliphatic carboxylic acids is 1. The molecule has 0 aromatic heterocycles. The Morgan fingerprint density at radius 1 is 1.35 bits per heavy atom. The molecule has 1 atom stereocenters. The van der Waals surface area contributed by atoms with Crippen LogP contribution in [0.3, 0.4) is 0 Å².